The largest absolute Gasteiger partial charge is 0.711 e. The predicted octanol–water partition coefficient (Wildman–Crippen LogP) is 0.900. The number of rotatable bonds is 7. The topological polar surface area (TPSA) is 112 Å². The molecule has 0 amide bonds. The molecule has 1 heterocycles. The van der Waals surface area contributed by atoms with Crippen LogP contribution in [0.4, 0.5) is 4.39 Å². The van der Waals surface area contributed by atoms with Crippen molar-refractivity contribution in [3.8, 4) is 0 Å². The molecule has 0 spiro atoms. The zero-order valence-electron chi connectivity index (χ0n) is 14.1. The highest BCUT2D eigenvalue weighted by molar-refractivity contribution is 7.89. The van der Waals surface area contributed by atoms with E-state index in [-0.39, 0.29) is 5.82 Å². The number of benzene rings is 1. The maximum atomic E-state index is 13.8. The fourth-order valence-corrected chi connectivity index (χ4v) is 3.48. The highest BCUT2D eigenvalue weighted by atomic mass is 32.2. The highest BCUT2D eigenvalue weighted by Crippen LogP contribution is 2.16. The summed E-state index contributed by atoms with van der Waals surface area (Å²) in [5.41, 5.74) is 0. The Kier molecular flexibility index (Phi) is 6.22. The van der Waals surface area contributed by atoms with Gasteiger partial charge in [-0.15, -0.1) is 0 Å². The standard InChI is InChI=1S/C16H18FN3O5S/c1-11(2)15(16(21)25-10-14-18-8-5-9-20(14)22)19-26(23,24)13-7-4-3-6-12(13)17/h3-9,11,15,19H,10H2,1-2H3/t15-/m0/s1. The van der Waals surface area contributed by atoms with Gasteiger partial charge in [0.15, 0.2) is 6.61 Å². The molecule has 8 nitrogen and oxygen atoms in total. The summed E-state index contributed by atoms with van der Waals surface area (Å²) in [6.45, 7) is 2.78. The Morgan fingerprint density at radius 2 is 2.04 bits per heavy atom. The maximum Gasteiger partial charge on any atom is 0.339 e. The smallest absolute Gasteiger partial charge is 0.339 e. The Balaban J connectivity index is 2.14. The first-order chi connectivity index (χ1) is 12.2. The number of aromatic nitrogens is 2. The van der Waals surface area contributed by atoms with Gasteiger partial charge in [-0.1, -0.05) is 26.0 Å². The van der Waals surface area contributed by atoms with Gasteiger partial charge in [-0.2, -0.15) is 4.72 Å². The molecule has 0 aliphatic carbocycles. The van der Waals surface area contributed by atoms with Crippen LogP contribution in [-0.4, -0.2) is 25.4 Å². The van der Waals surface area contributed by atoms with Crippen LogP contribution in [0.2, 0.25) is 0 Å². The van der Waals surface area contributed by atoms with Crippen molar-refractivity contribution in [1.82, 2.24) is 9.71 Å². The van der Waals surface area contributed by atoms with Gasteiger partial charge in [-0.25, -0.2) is 17.5 Å². The monoisotopic (exact) mass is 383 g/mol. The first-order valence-electron chi connectivity index (χ1n) is 7.69. The molecule has 0 aliphatic heterocycles. The van der Waals surface area contributed by atoms with Gasteiger partial charge in [0.05, 0.1) is 6.20 Å². The van der Waals surface area contributed by atoms with Crippen LogP contribution in [0.3, 0.4) is 0 Å². The molecule has 2 rings (SSSR count). The Morgan fingerprint density at radius 1 is 1.35 bits per heavy atom. The Bertz CT molecular complexity index is 889. The molecule has 0 saturated carbocycles. The third-order valence-electron chi connectivity index (χ3n) is 3.46. The van der Waals surface area contributed by atoms with Crippen LogP contribution < -0.4 is 9.45 Å². The summed E-state index contributed by atoms with van der Waals surface area (Å²) >= 11 is 0. The number of halogens is 1. The Morgan fingerprint density at radius 3 is 2.65 bits per heavy atom. The Labute approximate surface area is 150 Å². The van der Waals surface area contributed by atoms with E-state index in [1.54, 1.807) is 13.8 Å². The average molecular weight is 383 g/mol. The van der Waals surface area contributed by atoms with E-state index in [0.29, 0.717) is 4.73 Å². The summed E-state index contributed by atoms with van der Waals surface area (Å²) in [5.74, 6) is -2.37. The van der Waals surface area contributed by atoms with E-state index in [1.165, 1.54) is 30.6 Å². The number of nitrogens with one attached hydrogen (secondary N) is 1. The van der Waals surface area contributed by atoms with Crippen LogP contribution >= 0.6 is 0 Å². The van der Waals surface area contributed by atoms with E-state index in [4.69, 9.17) is 4.74 Å². The van der Waals surface area contributed by atoms with Crippen LogP contribution in [0.1, 0.15) is 19.7 Å². The van der Waals surface area contributed by atoms with Gasteiger partial charge in [0, 0.05) is 6.07 Å². The zero-order valence-corrected chi connectivity index (χ0v) is 14.9. The second kappa shape index (κ2) is 8.19. The van der Waals surface area contributed by atoms with E-state index < -0.39 is 45.3 Å². The van der Waals surface area contributed by atoms with Crippen molar-refractivity contribution in [2.24, 2.45) is 5.92 Å². The minimum Gasteiger partial charge on any atom is -0.711 e. The van der Waals surface area contributed by atoms with Crippen LogP contribution in [-0.2, 0) is 26.2 Å². The minimum absolute atomic E-state index is 0.0553. The first-order valence-corrected chi connectivity index (χ1v) is 9.17. The number of esters is 1. The van der Waals surface area contributed by atoms with Crippen molar-refractivity contribution >= 4 is 16.0 Å². The van der Waals surface area contributed by atoms with Crippen molar-refractivity contribution in [2.45, 2.75) is 31.4 Å². The Hall–Kier alpha value is -2.59. The molecule has 2 aromatic rings. The van der Waals surface area contributed by atoms with Crippen LogP contribution in [0.25, 0.3) is 0 Å². The van der Waals surface area contributed by atoms with Crippen molar-refractivity contribution in [3.05, 3.63) is 59.6 Å². The maximum absolute atomic E-state index is 13.8. The lowest BCUT2D eigenvalue weighted by Crippen LogP contribution is -2.45. The van der Waals surface area contributed by atoms with Crippen LogP contribution in [0, 0.1) is 16.9 Å². The van der Waals surface area contributed by atoms with Crippen molar-refractivity contribution in [3.63, 3.8) is 0 Å². The molecule has 1 atom stereocenters. The zero-order chi connectivity index (χ0) is 19.3. The van der Waals surface area contributed by atoms with Gasteiger partial charge in [-0.3, -0.25) is 4.79 Å². The van der Waals surface area contributed by atoms with Gasteiger partial charge >= 0.3 is 11.8 Å². The van der Waals surface area contributed by atoms with Gasteiger partial charge in [0.1, 0.15) is 23.0 Å². The molecule has 0 bridgehead atoms. The molecule has 0 saturated heterocycles. The van der Waals surface area contributed by atoms with E-state index in [2.05, 4.69) is 9.71 Å². The normalized spacial score (nSPS) is 12.8. The summed E-state index contributed by atoms with van der Waals surface area (Å²) in [6, 6.07) is 4.98. The predicted molar refractivity (Wildman–Crippen MR) is 88.3 cm³/mol. The third kappa shape index (κ3) is 4.73. The number of hydrogen-bond acceptors (Lipinski definition) is 6. The molecule has 140 valence electrons. The number of hydrogen-bond donors (Lipinski definition) is 1. The summed E-state index contributed by atoms with van der Waals surface area (Å²) in [4.78, 5) is 15.5. The molecule has 0 aliphatic rings. The molecule has 26 heavy (non-hydrogen) atoms. The second-order valence-electron chi connectivity index (χ2n) is 5.74. The van der Waals surface area contributed by atoms with Crippen molar-refractivity contribution in [1.29, 1.82) is 0 Å². The molecular weight excluding hydrogens is 365 g/mol. The third-order valence-corrected chi connectivity index (χ3v) is 4.93. The molecule has 10 heteroatoms. The van der Waals surface area contributed by atoms with Gasteiger partial charge in [0.25, 0.3) is 0 Å². The molecular formula is C16H18FN3O5S. The molecule has 0 unspecified atom stereocenters. The number of nitrogens with zero attached hydrogens (tertiary/aromatic N) is 2. The number of carbonyl (C=O) groups excluding carboxylic acids is 1. The van der Waals surface area contributed by atoms with E-state index >= 15 is 0 Å². The van der Waals surface area contributed by atoms with Crippen molar-refractivity contribution < 1.29 is 27.1 Å². The summed E-state index contributed by atoms with van der Waals surface area (Å²) < 4.78 is 46.1. The van der Waals surface area contributed by atoms with E-state index in [9.17, 15) is 22.8 Å². The quantitative estimate of drug-likeness (QED) is 0.432. The van der Waals surface area contributed by atoms with E-state index in [1.807, 2.05) is 0 Å². The summed E-state index contributed by atoms with van der Waals surface area (Å²) in [5, 5.41) is 11.5. The van der Waals surface area contributed by atoms with Gasteiger partial charge in [0.2, 0.25) is 10.0 Å². The molecule has 1 aromatic carbocycles. The molecule has 0 fully saturated rings. The van der Waals surface area contributed by atoms with Gasteiger partial charge < -0.3 is 9.94 Å². The number of carbonyl (C=O) groups is 1. The van der Waals surface area contributed by atoms with Gasteiger partial charge in [-0.05, 0) is 23.0 Å². The van der Waals surface area contributed by atoms with Crippen LogP contribution in [0.15, 0.2) is 47.6 Å². The first kappa shape index (κ1) is 19.7. The SMILES string of the molecule is CC(C)[C@H](NS(=O)(=O)c1ccccc1F)C(=O)OCc1nccc[n+]1[O-]. The average Bonchev–Trinajstić information content (AvgIpc) is 2.59. The molecule has 1 aromatic heterocycles. The summed E-state index contributed by atoms with van der Waals surface area (Å²) in [6.07, 6.45) is 2.55. The minimum atomic E-state index is -4.28. The highest BCUT2D eigenvalue weighted by Gasteiger charge is 2.31. The molecule has 1 N–H and O–H groups in total. The van der Waals surface area contributed by atoms with E-state index in [0.717, 1.165) is 12.1 Å². The molecule has 0 radical (unpaired) electrons. The fourth-order valence-electron chi connectivity index (χ4n) is 2.06. The lowest BCUT2D eigenvalue weighted by atomic mass is 10.1. The van der Waals surface area contributed by atoms with Crippen molar-refractivity contribution in [2.75, 3.05) is 0 Å². The lowest BCUT2D eigenvalue weighted by molar-refractivity contribution is -0.620. The number of sulfonamides is 1. The van der Waals surface area contributed by atoms with Crippen LogP contribution in [0.5, 0.6) is 0 Å². The second-order valence-corrected chi connectivity index (χ2v) is 7.43. The summed E-state index contributed by atoms with van der Waals surface area (Å²) in [7, 11) is -4.28. The number of ether oxygens (including phenoxy) is 1. The lowest BCUT2D eigenvalue weighted by Gasteiger charge is -2.20. The fraction of sp³-hybridized carbons (Fsp3) is 0.312.